The van der Waals surface area contributed by atoms with E-state index >= 15 is 0 Å². The maximum atomic E-state index is 12.6. The molecular formula is C21H23N5O2. The number of nitrogens with zero attached hydrogens (tertiary/aromatic N) is 5. The van der Waals surface area contributed by atoms with Crippen molar-refractivity contribution < 1.29 is 4.79 Å². The molecule has 4 rings (SSSR count). The molecule has 0 radical (unpaired) electrons. The summed E-state index contributed by atoms with van der Waals surface area (Å²) >= 11 is 0. The van der Waals surface area contributed by atoms with E-state index in [4.69, 9.17) is 0 Å². The van der Waals surface area contributed by atoms with Crippen LogP contribution in [0.1, 0.15) is 5.56 Å². The van der Waals surface area contributed by atoms with Gasteiger partial charge in [0.25, 0.3) is 0 Å². The SMILES string of the molecule is O=C(Cn1nc2ccccn2c1=O)N1CCN(CC=Cc2ccccc2)CC1. The second-order valence-corrected chi connectivity index (χ2v) is 6.86. The Hall–Kier alpha value is -3.19. The van der Waals surface area contributed by atoms with Gasteiger partial charge in [-0.05, 0) is 17.7 Å². The first-order valence-corrected chi connectivity index (χ1v) is 9.47. The van der Waals surface area contributed by atoms with Crippen molar-refractivity contribution in [2.24, 2.45) is 0 Å². The highest BCUT2D eigenvalue weighted by atomic mass is 16.2. The second kappa shape index (κ2) is 8.22. The number of benzene rings is 1. The molecule has 1 aliphatic rings. The Balaban J connectivity index is 1.29. The molecule has 0 spiro atoms. The van der Waals surface area contributed by atoms with Crippen molar-refractivity contribution in [3.63, 3.8) is 0 Å². The second-order valence-electron chi connectivity index (χ2n) is 6.86. The van der Waals surface area contributed by atoms with Crippen molar-refractivity contribution in [3.8, 4) is 0 Å². The minimum absolute atomic E-state index is 0.0194. The lowest BCUT2D eigenvalue weighted by Crippen LogP contribution is -2.50. The fraction of sp³-hybridized carbons (Fsp3) is 0.286. The Bertz CT molecular complexity index is 1030. The maximum Gasteiger partial charge on any atom is 0.350 e. The van der Waals surface area contributed by atoms with Crippen LogP contribution in [0.25, 0.3) is 11.7 Å². The summed E-state index contributed by atoms with van der Waals surface area (Å²) in [6.07, 6.45) is 5.93. The van der Waals surface area contributed by atoms with Gasteiger partial charge in [0, 0.05) is 38.9 Å². The van der Waals surface area contributed by atoms with Gasteiger partial charge in [-0.1, -0.05) is 48.6 Å². The molecule has 0 bridgehead atoms. The van der Waals surface area contributed by atoms with Crippen LogP contribution in [0.5, 0.6) is 0 Å². The van der Waals surface area contributed by atoms with Crippen molar-refractivity contribution >= 4 is 17.6 Å². The van der Waals surface area contributed by atoms with Gasteiger partial charge < -0.3 is 4.90 Å². The van der Waals surface area contributed by atoms with E-state index in [0.29, 0.717) is 18.7 Å². The summed E-state index contributed by atoms with van der Waals surface area (Å²) in [7, 11) is 0. The summed E-state index contributed by atoms with van der Waals surface area (Å²) in [4.78, 5) is 29.0. The number of rotatable bonds is 5. The predicted octanol–water partition coefficient (Wildman–Crippen LogP) is 1.35. The molecule has 7 heteroatoms. The summed E-state index contributed by atoms with van der Waals surface area (Å²) in [5, 5.41) is 4.23. The van der Waals surface area contributed by atoms with E-state index in [1.807, 2.05) is 29.2 Å². The maximum absolute atomic E-state index is 12.6. The molecule has 0 atom stereocenters. The molecule has 3 aromatic rings. The number of carbonyl (C=O) groups excluding carboxylic acids is 1. The summed E-state index contributed by atoms with van der Waals surface area (Å²) in [5.74, 6) is -0.0648. The summed E-state index contributed by atoms with van der Waals surface area (Å²) in [6.45, 7) is 3.83. The molecule has 0 aliphatic carbocycles. The average molecular weight is 377 g/mol. The number of pyridine rings is 1. The Kier molecular flexibility index (Phi) is 5.34. The normalized spacial score (nSPS) is 15.5. The molecule has 0 saturated carbocycles. The molecule has 0 unspecified atom stereocenters. The number of aromatic nitrogens is 3. The molecule has 2 aromatic heterocycles. The highest BCUT2D eigenvalue weighted by Gasteiger charge is 2.21. The van der Waals surface area contributed by atoms with E-state index in [9.17, 15) is 9.59 Å². The number of hydrogen-bond donors (Lipinski definition) is 0. The Morgan fingerprint density at radius 2 is 1.75 bits per heavy atom. The number of hydrogen-bond acceptors (Lipinski definition) is 4. The lowest BCUT2D eigenvalue weighted by Gasteiger charge is -2.34. The standard InChI is InChI=1S/C21H23N5O2/c27-20(17-26-21(28)25-12-5-4-10-19(25)22-26)24-15-13-23(14-16-24)11-6-9-18-7-2-1-3-8-18/h1-10,12H,11,13-17H2. The van der Waals surface area contributed by atoms with Crippen molar-refractivity contribution in [2.45, 2.75) is 6.54 Å². The predicted molar refractivity (Wildman–Crippen MR) is 108 cm³/mol. The molecule has 1 aliphatic heterocycles. The van der Waals surface area contributed by atoms with Crippen LogP contribution in [-0.2, 0) is 11.3 Å². The third-order valence-electron chi connectivity index (χ3n) is 4.97. The molecule has 7 nitrogen and oxygen atoms in total. The Morgan fingerprint density at radius 3 is 2.50 bits per heavy atom. The Labute approximate surface area is 163 Å². The van der Waals surface area contributed by atoms with Crippen LogP contribution in [0.15, 0.2) is 65.6 Å². The quantitative estimate of drug-likeness (QED) is 0.673. The highest BCUT2D eigenvalue weighted by Crippen LogP contribution is 2.05. The van der Waals surface area contributed by atoms with Crippen LogP contribution in [0, 0.1) is 0 Å². The minimum atomic E-state index is -0.284. The van der Waals surface area contributed by atoms with Gasteiger partial charge >= 0.3 is 5.69 Å². The van der Waals surface area contributed by atoms with Gasteiger partial charge in [-0.15, -0.1) is 5.10 Å². The van der Waals surface area contributed by atoms with Gasteiger partial charge in [0.15, 0.2) is 5.65 Å². The third-order valence-corrected chi connectivity index (χ3v) is 4.97. The summed E-state index contributed by atoms with van der Waals surface area (Å²) in [5.41, 5.74) is 1.46. The molecule has 3 heterocycles. The molecule has 1 saturated heterocycles. The topological polar surface area (TPSA) is 62.9 Å². The van der Waals surface area contributed by atoms with E-state index in [1.54, 1.807) is 18.3 Å². The van der Waals surface area contributed by atoms with E-state index in [1.165, 1.54) is 14.6 Å². The fourth-order valence-electron chi connectivity index (χ4n) is 3.38. The van der Waals surface area contributed by atoms with Gasteiger partial charge in [0.2, 0.25) is 5.91 Å². The third kappa shape index (κ3) is 4.04. The lowest BCUT2D eigenvalue weighted by atomic mass is 10.2. The van der Waals surface area contributed by atoms with Crippen molar-refractivity contribution in [2.75, 3.05) is 32.7 Å². The van der Waals surface area contributed by atoms with Gasteiger partial charge in [0.05, 0.1) is 0 Å². The zero-order chi connectivity index (χ0) is 19.3. The molecule has 1 aromatic carbocycles. The van der Waals surface area contributed by atoms with Crippen LogP contribution >= 0.6 is 0 Å². The zero-order valence-electron chi connectivity index (χ0n) is 15.6. The van der Waals surface area contributed by atoms with Crippen LogP contribution in [-0.4, -0.2) is 62.6 Å². The molecule has 28 heavy (non-hydrogen) atoms. The summed E-state index contributed by atoms with van der Waals surface area (Å²) in [6, 6.07) is 15.6. The largest absolute Gasteiger partial charge is 0.350 e. The monoisotopic (exact) mass is 377 g/mol. The zero-order valence-corrected chi connectivity index (χ0v) is 15.6. The van der Waals surface area contributed by atoms with E-state index in [-0.39, 0.29) is 18.1 Å². The highest BCUT2D eigenvalue weighted by molar-refractivity contribution is 5.76. The minimum Gasteiger partial charge on any atom is -0.339 e. The van der Waals surface area contributed by atoms with Crippen molar-refractivity contribution in [1.82, 2.24) is 24.0 Å². The molecule has 0 N–H and O–H groups in total. The van der Waals surface area contributed by atoms with Crippen LogP contribution in [0.2, 0.25) is 0 Å². The fourth-order valence-corrected chi connectivity index (χ4v) is 3.38. The van der Waals surface area contributed by atoms with E-state index < -0.39 is 0 Å². The van der Waals surface area contributed by atoms with Crippen molar-refractivity contribution in [1.29, 1.82) is 0 Å². The van der Waals surface area contributed by atoms with E-state index in [2.05, 4.69) is 34.3 Å². The number of amides is 1. The molecule has 144 valence electrons. The number of piperazine rings is 1. The van der Waals surface area contributed by atoms with Gasteiger partial charge in [0.1, 0.15) is 6.54 Å². The van der Waals surface area contributed by atoms with Crippen LogP contribution < -0.4 is 5.69 Å². The Morgan fingerprint density at radius 1 is 1.00 bits per heavy atom. The number of carbonyl (C=O) groups is 1. The molecule has 1 fully saturated rings. The lowest BCUT2D eigenvalue weighted by molar-refractivity contribution is -0.133. The van der Waals surface area contributed by atoms with Gasteiger partial charge in [-0.3, -0.25) is 14.1 Å². The van der Waals surface area contributed by atoms with E-state index in [0.717, 1.165) is 19.6 Å². The van der Waals surface area contributed by atoms with Gasteiger partial charge in [-0.2, -0.15) is 0 Å². The van der Waals surface area contributed by atoms with Crippen LogP contribution in [0.4, 0.5) is 0 Å². The molecule has 1 amide bonds. The summed E-state index contributed by atoms with van der Waals surface area (Å²) < 4.78 is 2.69. The first kappa shape index (κ1) is 18.2. The first-order chi connectivity index (χ1) is 13.7. The molecular weight excluding hydrogens is 354 g/mol. The van der Waals surface area contributed by atoms with Crippen LogP contribution in [0.3, 0.4) is 0 Å². The first-order valence-electron chi connectivity index (χ1n) is 9.47. The van der Waals surface area contributed by atoms with Crippen molar-refractivity contribution in [3.05, 3.63) is 76.9 Å². The average Bonchev–Trinajstić information content (AvgIpc) is 3.05. The van der Waals surface area contributed by atoms with Gasteiger partial charge in [-0.25, -0.2) is 9.48 Å². The number of fused-ring (bicyclic) bond motifs is 1. The smallest absolute Gasteiger partial charge is 0.339 e.